The lowest BCUT2D eigenvalue weighted by Crippen LogP contribution is -2.55. The van der Waals surface area contributed by atoms with E-state index in [1.165, 1.54) is 17.3 Å². The maximum absolute atomic E-state index is 12.3. The lowest BCUT2D eigenvalue weighted by molar-refractivity contribution is -0.119. The van der Waals surface area contributed by atoms with Gasteiger partial charge >= 0.3 is 0 Å². The van der Waals surface area contributed by atoms with Gasteiger partial charge in [-0.05, 0) is 32.9 Å². The molecule has 1 aromatic carbocycles. The number of thioether (sulfide) groups is 1. The van der Waals surface area contributed by atoms with Crippen LogP contribution in [0.5, 0.6) is 0 Å². The number of aryl methyl sites for hydroxylation is 1. The zero-order chi connectivity index (χ0) is 19.3. The Labute approximate surface area is 164 Å². The molecule has 0 spiro atoms. The Morgan fingerprint density at radius 3 is 2.67 bits per heavy atom. The third kappa shape index (κ3) is 5.31. The number of hydrogen-bond acceptors (Lipinski definition) is 6. The van der Waals surface area contributed by atoms with Crippen LogP contribution in [0.4, 0.5) is 0 Å². The highest BCUT2D eigenvalue weighted by Gasteiger charge is 2.28. The largest absolute Gasteiger partial charge is 0.379 e. The minimum Gasteiger partial charge on any atom is -0.379 e. The van der Waals surface area contributed by atoms with Gasteiger partial charge in [0.2, 0.25) is 5.91 Å². The van der Waals surface area contributed by atoms with E-state index in [0.717, 1.165) is 32.0 Å². The van der Waals surface area contributed by atoms with Gasteiger partial charge in [0.25, 0.3) is 0 Å². The molecule has 1 saturated heterocycles. The van der Waals surface area contributed by atoms with E-state index in [1.807, 2.05) is 35.8 Å². The van der Waals surface area contributed by atoms with Crippen LogP contribution in [0.1, 0.15) is 19.4 Å². The predicted molar refractivity (Wildman–Crippen MR) is 106 cm³/mol. The molecule has 0 aliphatic carbocycles. The molecule has 0 saturated carbocycles. The molecule has 0 unspecified atom stereocenters. The highest BCUT2D eigenvalue weighted by atomic mass is 32.2. The number of hydrogen-bond donors (Lipinski definition) is 1. The number of rotatable bonds is 7. The summed E-state index contributed by atoms with van der Waals surface area (Å²) in [5.74, 6) is 0.309. The first kappa shape index (κ1) is 19.9. The average Bonchev–Trinajstić information content (AvgIpc) is 3.15. The first-order chi connectivity index (χ1) is 13.0. The minimum atomic E-state index is -0.0912. The number of amides is 1. The summed E-state index contributed by atoms with van der Waals surface area (Å²) in [6.45, 7) is 10.3. The molecule has 3 rings (SSSR count). The predicted octanol–water partition coefficient (Wildman–Crippen LogP) is 1.89. The van der Waals surface area contributed by atoms with E-state index in [4.69, 9.17) is 4.74 Å². The van der Waals surface area contributed by atoms with Gasteiger partial charge in [0.1, 0.15) is 6.33 Å². The second kappa shape index (κ2) is 8.86. The standard InChI is InChI=1S/C19H27N5O2S/c1-15-4-6-16(7-5-15)24-14-21-22-18(24)27-12-17(25)20-13-19(2,3)23-8-10-26-11-9-23/h4-7,14H,8-13H2,1-3H3,(H,20,25). The van der Waals surface area contributed by atoms with Gasteiger partial charge in [-0.2, -0.15) is 0 Å². The third-order valence-electron chi connectivity index (χ3n) is 4.75. The second-order valence-corrected chi connectivity index (χ2v) is 8.24. The maximum atomic E-state index is 12.3. The number of nitrogens with one attached hydrogen (secondary N) is 1. The Hall–Kier alpha value is -1.90. The van der Waals surface area contributed by atoms with Crippen LogP contribution < -0.4 is 5.32 Å². The Balaban J connectivity index is 1.51. The molecule has 2 heterocycles. The van der Waals surface area contributed by atoms with E-state index in [2.05, 4.69) is 34.3 Å². The molecule has 2 aromatic rings. The molecule has 1 amide bonds. The van der Waals surface area contributed by atoms with Crippen LogP contribution in [0.2, 0.25) is 0 Å². The zero-order valence-electron chi connectivity index (χ0n) is 16.1. The Bertz CT molecular complexity index is 754. The minimum absolute atomic E-state index is 0.000194. The lowest BCUT2D eigenvalue weighted by Gasteiger charge is -2.40. The second-order valence-electron chi connectivity index (χ2n) is 7.30. The van der Waals surface area contributed by atoms with Gasteiger partial charge in [-0.25, -0.2) is 0 Å². The molecule has 8 heteroatoms. The van der Waals surface area contributed by atoms with Crippen LogP contribution in [0.15, 0.2) is 35.7 Å². The number of carbonyl (C=O) groups is 1. The molecular weight excluding hydrogens is 362 g/mol. The summed E-state index contributed by atoms with van der Waals surface area (Å²) >= 11 is 1.39. The van der Waals surface area contributed by atoms with Crippen molar-refractivity contribution in [3.63, 3.8) is 0 Å². The molecule has 1 fully saturated rings. The molecular formula is C19H27N5O2S. The van der Waals surface area contributed by atoms with E-state index in [1.54, 1.807) is 6.33 Å². The first-order valence-electron chi connectivity index (χ1n) is 9.15. The fourth-order valence-electron chi connectivity index (χ4n) is 2.98. The van der Waals surface area contributed by atoms with Crippen LogP contribution in [0.3, 0.4) is 0 Å². The monoisotopic (exact) mass is 389 g/mol. The number of benzene rings is 1. The van der Waals surface area contributed by atoms with E-state index < -0.39 is 0 Å². The number of nitrogens with zero attached hydrogens (tertiary/aromatic N) is 4. The van der Waals surface area contributed by atoms with Crippen molar-refractivity contribution in [2.45, 2.75) is 31.5 Å². The molecule has 0 atom stereocenters. The van der Waals surface area contributed by atoms with Gasteiger partial charge in [0.15, 0.2) is 5.16 Å². The number of carbonyl (C=O) groups excluding carboxylic acids is 1. The summed E-state index contributed by atoms with van der Waals surface area (Å²) in [7, 11) is 0. The Morgan fingerprint density at radius 2 is 1.96 bits per heavy atom. The summed E-state index contributed by atoms with van der Waals surface area (Å²) in [6.07, 6.45) is 1.67. The van der Waals surface area contributed by atoms with Crippen LogP contribution in [-0.2, 0) is 9.53 Å². The van der Waals surface area contributed by atoms with Crippen LogP contribution in [0, 0.1) is 6.92 Å². The van der Waals surface area contributed by atoms with Gasteiger partial charge < -0.3 is 10.1 Å². The first-order valence-corrected chi connectivity index (χ1v) is 10.1. The van der Waals surface area contributed by atoms with Gasteiger partial charge in [-0.15, -0.1) is 10.2 Å². The highest BCUT2D eigenvalue weighted by molar-refractivity contribution is 7.99. The van der Waals surface area contributed by atoms with Gasteiger partial charge in [0, 0.05) is 30.9 Å². The summed E-state index contributed by atoms with van der Waals surface area (Å²) < 4.78 is 7.30. The number of morpholine rings is 1. The molecule has 27 heavy (non-hydrogen) atoms. The van der Waals surface area contributed by atoms with Crippen molar-refractivity contribution >= 4 is 17.7 Å². The normalized spacial score (nSPS) is 15.7. The van der Waals surface area contributed by atoms with Crippen LogP contribution >= 0.6 is 11.8 Å². The van der Waals surface area contributed by atoms with Crippen molar-refractivity contribution in [3.8, 4) is 5.69 Å². The molecule has 1 aromatic heterocycles. The van der Waals surface area contributed by atoms with E-state index >= 15 is 0 Å². The third-order valence-corrected chi connectivity index (χ3v) is 5.69. The SMILES string of the molecule is Cc1ccc(-n2cnnc2SCC(=O)NCC(C)(C)N2CCOCC2)cc1. The van der Waals surface area contributed by atoms with Gasteiger partial charge in [-0.3, -0.25) is 14.3 Å². The summed E-state index contributed by atoms with van der Waals surface area (Å²) in [5.41, 5.74) is 2.09. The van der Waals surface area contributed by atoms with E-state index in [9.17, 15) is 4.79 Å². The summed E-state index contributed by atoms with van der Waals surface area (Å²) in [6, 6.07) is 8.13. The quantitative estimate of drug-likeness (QED) is 0.729. The topological polar surface area (TPSA) is 72.3 Å². The van der Waals surface area contributed by atoms with Crippen molar-refractivity contribution in [2.24, 2.45) is 0 Å². The Morgan fingerprint density at radius 1 is 1.26 bits per heavy atom. The fourth-order valence-corrected chi connectivity index (χ4v) is 3.74. The fraction of sp³-hybridized carbons (Fsp3) is 0.526. The highest BCUT2D eigenvalue weighted by Crippen LogP contribution is 2.20. The van der Waals surface area contributed by atoms with Gasteiger partial charge in [-0.1, -0.05) is 29.5 Å². The van der Waals surface area contributed by atoms with E-state index in [0.29, 0.717) is 17.5 Å². The molecule has 0 radical (unpaired) electrons. The van der Waals surface area contributed by atoms with E-state index in [-0.39, 0.29) is 11.4 Å². The van der Waals surface area contributed by atoms with Crippen molar-refractivity contribution in [1.82, 2.24) is 25.0 Å². The summed E-state index contributed by atoms with van der Waals surface area (Å²) in [5, 5.41) is 11.9. The molecule has 1 aliphatic rings. The molecule has 0 bridgehead atoms. The van der Waals surface area contributed by atoms with Crippen LogP contribution in [0.25, 0.3) is 5.69 Å². The lowest BCUT2D eigenvalue weighted by atomic mass is 10.0. The molecule has 1 N–H and O–H groups in total. The van der Waals surface area contributed by atoms with Crippen molar-refractivity contribution < 1.29 is 9.53 Å². The molecule has 146 valence electrons. The average molecular weight is 390 g/mol. The maximum Gasteiger partial charge on any atom is 0.230 e. The Kier molecular flexibility index (Phi) is 6.51. The molecule has 7 nitrogen and oxygen atoms in total. The zero-order valence-corrected chi connectivity index (χ0v) is 17.0. The van der Waals surface area contributed by atoms with Crippen molar-refractivity contribution in [1.29, 1.82) is 0 Å². The van der Waals surface area contributed by atoms with Crippen molar-refractivity contribution in [3.05, 3.63) is 36.2 Å². The van der Waals surface area contributed by atoms with Crippen LogP contribution in [-0.4, -0.2) is 69.7 Å². The summed E-state index contributed by atoms with van der Waals surface area (Å²) in [4.78, 5) is 14.7. The number of ether oxygens (including phenoxy) is 1. The van der Waals surface area contributed by atoms with Gasteiger partial charge in [0.05, 0.1) is 19.0 Å². The smallest absolute Gasteiger partial charge is 0.230 e. The number of aromatic nitrogens is 3. The van der Waals surface area contributed by atoms with Crippen molar-refractivity contribution in [2.75, 3.05) is 38.6 Å². The molecule has 1 aliphatic heterocycles.